The number of anilines is 1. The van der Waals surface area contributed by atoms with Crippen LogP contribution in [0.25, 0.3) is 0 Å². The zero-order valence-corrected chi connectivity index (χ0v) is 18.0. The minimum Gasteiger partial charge on any atom is -0.331 e. The first-order chi connectivity index (χ1) is 14.1. The van der Waals surface area contributed by atoms with Crippen LogP contribution in [0, 0.1) is 0 Å². The summed E-state index contributed by atoms with van der Waals surface area (Å²) in [5.41, 5.74) is 0.862. The molecule has 30 heavy (non-hydrogen) atoms. The normalized spacial score (nSPS) is 11.5. The molecule has 1 amide bonds. The number of imidazole rings is 1. The van der Waals surface area contributed by atoms with Crippen molar-refractivity contribution < 1.29 is 18.0 Å². The number of hydrogen-bond acceptors (Lipinski definition) is 5. The molecule has 2 aromatic carbocycles. The van der Waals surface area contributed by atoms with E-state index in [9.17, 15) is 18.0 Å². The van der Waals surface area contributed by atoms with Crippen LogP contribution in [0.15, 0.2) is 59.8 Å². The summed E-state index contributed by atoms with van der Waals surface area (Å²) in [5, 5.41) is 2.77. The van der Waals surface area contributed by atoms with Crippen LogP contribution in [0.5, 0.6) is 0 Å². The molecule has 1 aromatic heterocycles. The fourth-order valence-corrected chi connectivity index (χ4v) is 3.80. The monoisotopic (exact) mass is 446 g/mol. The van der Waals surface area contributed by atoms with Gasteiger partial charge in [0.05, 0.1) is 15.5 Å². The second kappa shape index (κ2) is 8.39. The van der Waals surface area contributed by atoms with E-state index >= 15 is 0 Å². The third-order valence-electron chi connectivity index (χ3n) is 4.39. The molecule has 0 atom stereocenters. The van der Waals surface area contributed by atoms with Crippen molar-refractivity contribution in [2.24, 2.45) is 7.05 Å². The van der Waals surface area contributed by atoms with Crippen molar-refractivity contribution >= 4 is 39.0 Å². The van der Waals surface area contributed by atoms with Gasteiger partial charge in [0, 0.05) is 44.8 Å². The van der Waals surface area contributed by atoms with Gasteiger partial charge in [0.2, 0.25) is 15.8 Å². The smallest absolute Gasteiger partial charge is 0.257 e. The van der Waals surface area contributed by atoms with Gasteiger partial charge in [-0.15, -0.1) is 0 Å². The van der Waals surface area contributed by atoms with Crippen molar-refractivity contribution in [2.75, 3.05) is 19.4 Å². The van der Waals surface area contributed by atoms with E-state index in [-0.39, 0.29) is 21.3 Å². The van der Waals surface area contributed by atoms with Crippen LogP contribution in [-0.4, -0.2) is 48.1 Å². The Morgan fingerprint density at radius 1 is 1.10 bits per heavy atom. The number of ketones is 1. The number of amides is 1. The average Bonchev–Trinajstić information content (AvgIpc) is 3.13. The number of nitrogens with zero attached hydrogens (tertiary/aromatic N) is 3. The van der Waals surface area contributed by atoms with Gasteiger partial charge in [-0.1, -0.05) is 11.6 Å². The number of benzene rings is 2. The van der Waals surface area contributed by atoms with Gasteiger partial charge >= 0.3 is 0 Å². The average molecular weight is 447 g/mol. The fraction of sp³-hybridized carbons (Fsp3) is 0.150. The van der Waals surface area contributed by atoms with Crippen molar-refractivity contribution in [3.63, 3.8) is 0 Å². The molecule has 0 aliphatic rings. The van der Waals surface area contributed by atoms with Crippen LogP contribution < -0.4 is 5.32 Å². The van der Waals surface area contributed by atoms with Crippen molar-refractivity contribution in [3.8, 4) is 0 Å². The first-order valence-electron chi connectivity index (χ1n) is 8.77. The maximum atomic E-state index is 12.6. The largest absolute Gasteiger partial charge is 0.331 e. The predicted octanol–water partition coefficient (Wildman–Crippen LogP) is 2.81. The Morgan fingerprint density at radius 2 is 1.77 bits per heavy atom. The van der Waals surface area contributed by atoms with E-state index in [2.05, 4.69) is 10.3 Å². The van der Waals surface area contributed by atoms with Gasteiger partial charge in [-0.05, 0) is 42.5 Å². The van der Waals surface area contributed by atoms with Crippen molar-refractivity contribution in [3.05, 3.63) is 76.8 Å². The molecule has 0 fully saturated rings. The number of carbonyl (C=O) groups excluding carboxylic acids is 2. The lowest BCUT2D eigenvalue weighted by molar-refractivity contribution is 0.102. The van der Waals surface area contributed by atoms with Crippen molar-refractivity contribution in [2.45, 2.75) is 4.90 Å². The minimum absolute atomic E-state index is 0.0211. The molecule has 1 N–H and O–H groups in total. The molecule has 3 aromatic rings. The van der Waals surface area contributed by atoms with E-state index in [1.54, 1.807) is 42.1 Å². The number of aromatic nitrogens is 2. The molecule has 0 saturated carbocycles. The topological polar surface area (TPSA) is 101 Å². The molecule has 0 aliphatic carbocycles. The third-order valence-corrected chi connectivity index (χ3v) is 6.53. The number of rotatable bonds is 6. The molecule has 0 spiro atoms. The Balaban J connectivity index is 1.81. The molecule has 3 rings (SSSR count). The number of sulfonamides is 1. The molecule has 1 heterocycles. The molecular formula is C20H19ClN4O4S. The lowest BCUT2D eigenvalue weighted by Gasteiger charge is -2.13. The molecule has 10 heteroatoms. The Hall–Kier alpha value is -3.01. The molecule has 0 saturated heterocycles. The first-order valence-corrected chi connectivity index (χ1v) is 10.6. The van der Waals surface area contributed by atoms with Crippen molar-refractivity contribution in [1.29, 1.82) is 0 Å². The van der Waals surface area contributed by atoms with Gasteiger partial charge in [0.25, 0.3) is 5.91 Å². The first kappa shape index (κ1) is 21.7. The van der Waals surface area contributed by atoms with Gasteiger partial charge in [0.15, 0.2) is 5.82 Å². The van der Waals surface area contributed by atoms with E-state index in [1.165, 1.54) is 38.5 Å². The maximum Gasteiger partial charge on any atom is 0.257 e. The Morgan fingerprint density at radius 3 is 2.33 bits per heavy atom. The summed E-state index contributed by atoms with van der Waals surface area (Å²) in [4.78, 5) is 29.1. The highest BCUT2D eigenvalue weighted by molar-refractivity contribution is 7.89. The van der Waals surface area contributed by atoms with Gasteiger partial charge < -0.3 is 9.88 Å². The summed E-state index contributed by atoms with van der Waals surface area (Å²) < 4.78 is 27.3. The van der Waals surface area contributed by atoms with E-state index in [1.807, 2.05) is 0 Å². The summed E-state index contributed by atoms with van der Waals surface area (Å²) in [6.45, 7) is 0. The van der Waals surface area contributed by atoms with Gasteiger partial charge in [-0.3, -0.25) is 9.59 Å². The SMILES string of the molecule is CN(C)S(=O)(=O)c1ccc(Cl)c(C(=O)Nc2ccc(C(=O)c3nccn3C)cc2)c1. The van der Waals surface area contributed by atoms with Gasteiger partial charge in [0.1, 0.15) is 0 Å². The lowest BCUT2D eigenvalue weighted by atomic mass is 10.1. The summed E-state index contributed by atoms with van der Waals surface area (Å²) >= 11 is 6.10. The maximum absolute atomic E-state index is 12.6. The molecule has 156 valence electrons. The van der Waals surface area contributed by atoms with Crippen LogP contribution in [0.3, 0.4) is 0 Å². The second-order valence-corrected chi connectivity index (χ2v) is 9.21. The fourth-order valence-electron chi connectivity index (χ4n) is 2.67. The molecular weight excluding hydrogens is 428 g/mol. The number of carbonyl (C=O) groups is 2. The standard InChI is InChI=1S/C20H19ClN4O4S/c1-24(2)30(28,29)15-8-9-17(21)16(12-15)20(27)23-14-6-4-13(5-7-14)18(26)19-22-10-11-25(19)3/h4-12H,1-3H3,(H,23,27). The zero-order chi connectivity index (χ0) is 22.1. The van der Waals surface area contributed by atoms with Crippen molar-refractivity contribution in [1.82, 2.24) is 13.9 Å². The van der Waals surface area contributed by atoms with E-state index in [4.69, 9.17) is 11.6 Å². The molecule has 0 aliphatic heterocycles. The highest BCUT2D eigenvalue weighted by atomic mass is 35.5. The van der Waals surface area contributed by atoms with Crippen LogP contribution in [-0.2, 0) is 17.1 Å². The van der Waals surface area contributed by atoms with E-state index < -0.39 is 15.9 Å². The highest BCUT2D eigenvalue weighted by Crippen LogP contribution is 2.23. The zero-order valence-electron chi connectivity index (χ0n) is 16.5. The van der Waals surface area contributed by atoms with Crippen LogP contribution in [0.2, 0.25) is 5.02 Å². The molecule has 0 radical (unpaired) electrons. The number of nitrogens with one attached hydrogen (secondary N) is 1. The Kier molecular flexibility index (Phi) is 6.06. The lowest BCUT2D eigenvalue weighted by Crippen LogP contribution is -2.23. The Bertz CT molecular complexity index is 1220. The third kappa shape index (κ3) is 4.28. The summed E-state index contributed by atoms with van der Waals surface area (Å²) in [6, 6.07) is 10.2. The summed E-state index contributed by atoms with van der Waals surface area (Å²) in [5.74, 6) is -0.513. The second-order valence-electron chi connectivity index (χ2n) is 6.65. The van der Waals surface area contributed by atoms with Crippen LogP contribution in [0.1, 0.15) is 26.5 Å². The van der Waals surface area contributed by atoms with E-state index in [0.29, 0.717) is 17.1 Å². The van der Waals surface area contributed by atoms with Gasteiger partial charge in [-0.25, -0.2) is 17.7 Å². The number of aryl methyl sites for hydroxylation is 1. The summed E-state index contributed by atoms with van der Waals surface area (Å²) in [7, 11) is 0.812. The number of halogens is 1. The predicted molar refractivity (Wildman–Crippen MR) is 113 cm³/mol. The molecule has 0 unspecified atom stereocenters. The molecule has 0 bridgehead atoms. The summed E-state index contributed by atoms with van der Waals surface area (Å²) in [6.07, 6.45) is 3.21. The number of hydrogen-bond donors (Lipinski definition) is 1. The highest BCUT2D eigenvalue weighted by Gasteiger charge is 2.21. The quantitative estimate of drug-likeness (QED) is 0.586. The van der Waals surface area contributed by atoms with Gasteiger partial charge in [-0.2, -0.15) is 0 Å². The van der Waals surface area contributed by atoms with Crippen LogP contribution >= 0.6 is 11.6 Å². The van der Waals surface area contributed by atoms with E-state index in [0.717, 1.165) is 4.31 Å². The molecule has 8 nitrogen and oxygen atoms in total. The Labute approximate surface area is 179 Å². The minimum atomic E-state index is -3.71. The van der Waals surface area contributed by atoms with Crippen LogP contribution in [0.4, 0.5) is 5.69 Å².